The number of nitrogens with zero attached hydrogens (tertiary/aromatic N) is 6. The van der Waals surface area contributed by atoms with Gasteiger partial charge < -0.3 is 11.1 Å². The van der Waals surface area contributed by atoms with Gasteiger partial charge >= 0.3 is 0 Å². The molecule has 2 aromatic carbocycles. The number of benzene rings is 2. The summed E-state index contributed by atoms with van der Waals surface area (Å²) in [6.45, 7) is 1.69. The molecular weight excluding hydrogens is 514 g/mol. The smallest absolute Gasteiger partial charge is 0.267 e. The van der Waals surface area contributed by atoms with Gasteiger partial charge in [0, 0.05) is 18.5 Å². The van der Waals surface area contributed by atoms with E-state index in [4.69, 9.17) is 17.3 Å². The molecule has 3 aromatic heterocycles. The summed E-state index contributed by atoms with van der Waals surface area (Å²) in [7, 11) is 0. The van der Waals surface area contributed by atoms with E-state index in [1.165, 1.54) is 12.4 Å². The lowest BCUT2D eigenvalue weighted by atomic mass is 10.2. The number of nitrogens with one attached hydrogen (secondary N) is 1. The molecule has 0 amide bonds. The fourth-order valence-corrected chi connectivity index (χ4v) is 4.05. The summed E-state index contributed by atoms with van der Waals surface area (Å²) in [5.74, 6) is 4.70. The van der Waals surface area contributed by atoms with Crippen molar-refractivity contribution in [2.24, 2.45) is 0 Å². The van der Waals surface area contributed by atoms with Gasteiger partial charge in [0.2, 0.25) is 5.82 Å². The Balaban J connectivity index is 1.65. The second kappa shape index (κ2) is 10.2. The van der Waals surface area contributed by atoms with Crippen molar-refractivity contribution >= 4 is 34.1 Å². The van der Waals surface area contributed by atoms with Crippen LogP contribution in [0.3, 0.4) is 0 Å². The zero-order chi connectivity index (χ0) is 26.8. The summed E-state index contributed by atoms with van der Waals surface area (Å²) >= 11 is 6.30. The van der Waals surface area contributed by atoms with Gasteiger partial charge in [0.05, 0.1) is 27.7 Å². The maximum atomic E-state index is 14.2. The van der Waals surface area contributed by atoms with E-state index in [0.29, 0.717) is 11.6 Å². The molecule has 38 heavy (non-hydrogen) atoms. The van der Waals surface area contributed by atoms with Gasteiger partial charge in [-0.3, -0.25) is 9.36 Å². The Morgan fingerprint density at radius 1 is 1.03 bits per heavy atom. The highest BCUT2D eigenvalue weighted by Gasteiger charge is 2.22. The van der Waals surface area contributed by atoms with Crippen molar-refractivity contribution in [1.82, 2.24) is 29.5 Å². The molecule has 0 fully saturated rings. The number of anilines is 2. The Hall–Kier alpha value is -4.95. The fraction of sp³-hybridized carbons (Fsp3) is 0.0769. The Morgan fingerprint density at radius 3 is 2.50 bits per heavy atom. The van der Waals surface area contributed by atoms with E-state index < -0.39 is 23.2 Å². The van der Waals surface area contributed by atoms with E-state index in [2.05, 4.69) is 42.1 Å². The summed E-state index contributed by atoms with van der Waals surface area (Å²) in [5.41, 5.74) is 5.98. The molecule has 1 unspecified atom stereocenters. The first-order valence-electron chi connectivity index (χ1n) is 11.2. The lowest BCUT2D eigenvalue weighted by Gasteiger charge is -2.21. The minimum atomic E-state index is -0.859. The van der Waals surface area contributed by atoms with Crippen LogP contribution in [0.4, 0.5) is 20.4 Å². The van der Waals surface area contributed by atoms with Crippen molar-refractivity contribution in [2.75, 3.05) is 11.1 Å². The van der Waals surface area contributed by atoms with Crippen molar-refractivity contribution in [3.8, 4) is 17.5 Å². The molecule has 1 atom stereocenters. The highest BCUT2D eigenvalue weighted by molar-refractivity contribution is 6.35. The SMILES string of the molecule is CC(Nc1ncnc(N)c1C#Cc1ncccn1)c1nc2cccc(Cl)c2c(=O)n1-c1cc(F)cc(F)c1. The van der Waals surface area contributed by atoms with E-state index in [1.807, 2.05) is 0 Å². The van der Waals surface area contributed by atoms with Gasteiger partial charge in [-0.25, -0.2) is 33.7 Å². The molecule has 0 saturated carbocycles. The van der Waals surface area contributed by atoms with Gasteiger partial charge in [-0.05, 0) is 43.2 Å². The molecule has 5 rings (SSSR count). The molecule has 0 aliphatic carbocycles. The first kappa shape index (κ1) is 24.7. The van der Waals surface area contributed by atoms with Crippen LogP contribution in [-0.2, 0) is 0 Å². The average Bonchev–Trinajstić information content (AvgIpc) is 2.88. The van der Waals surface area contributed by atoms with Crippen LogP contribution < -0.4 is 16.6 Å². The summed E-state index contributed by atoms with van der Waals surface area (Å²) in [6, 6.07) is 8.51. The van der Waals surface area contributed by atoms with Crippen LogP contribution in [0.25, 0.3) is 16.6 Å². The number of nitrogens with two attached hydrogens (primary N) is 1. The molecule has 0 aliphatic rings. The zero-order valence-electron chi connectivity index (χ0n) is 19.7. The summed E-state index contributed by atoms with van der Waals surface area (Å²) in [5, 5.41) is 3.39. The molecule has 0 aliphatic heterocycles. The Kier molecular flexibility index (Phi) is 6.64. The van der Waals surface area contributed by atoms with Crippen molar-refractivity contribution in [1.29, 1.82) is 0 Å². The number of nitrogen functional groups attached to an aromatic ring is 1. The van der Waals surface area contributed by atoms with E-state index in [1.54, 1.807) is 37.5 Å². The van der Waals surface area contributed by atoms with Crippen LogP contribution in [0.15, 0.2) is 66.0 Å². The van der Waals surface area contributed by atoms with Crippen LogP contribution in [0, 0.1) is 23.5 Å². The third-order valence-corrected chi connectivity index (χ3v) is 5.78. The fourth-order valence-electron chi connectivity index (χ4n) is 3.80. The average molecular weight is 531 g/mol. The van der Waals surface area contributed by atoms with Crippen LogP contribution in [0.1, 0.15) is 30.2 Å². The second-order valence-corrected chi connectivity index (χ2v) is 8.45. The predicted octanol–water partition coefficient (Wildman–Crippen LogP) is 4.05. The zero-order valence-corrected chi connectivity index (χ0v) is 20.4. The number of hydrogen-bond acceptors (Lipinski definition) is 8. The van der Waals surface area contributed by atoms with Gasteiger partial charge in [-0.15, -0.1) is 0 Å². The molecule has 9 nitrogen and oxygen atoms in total. The van der Waals surface area contributed by atoms with Gasteiger partial charge in [-0.2, -0.15) is 0 Å². The molecule has 3 heterocycles. The molecular formula is C26H17ClF2N8O. The van der Waals surface area contributed by atoms with Crippen molar-refractivity contribution in [3.63, 3.8) is 0 Å². The monoisotopic (exact) mass is 530 g/mol. The van der Waals surface area contributed by atoms with E-state index in [-0.39, 0.29) is 44.9 Å². The van der Waals surface area contributed by atoms with Crippen molar-refractivity contribution in [3.05, 3.63) is 105 Å². The quantitative estimate of drug-likeness (QED) is 0.333. The number of fused-ring (bicyclic) bond motifs is 1. The van der Waals surface area contributed by atoms with E-state index in [9.17, 15) is 13.6 Å². The van der Waals surface area contributed by atoms with Crippen molar-refractivity contribution in [2.45, 2.75) is 13.0 Å². The Morgan fingerprint density at radius 2 is 1.76 bits per heavy atom. The van der Waals surface area contributed by atoms with Gasteiger partial charge in [0.1, 0.15) is 41.0 Å². The molecule has 0 bridgehead atoms. The topological polar surface area (TPSA) is 124 Å². The van der Waals surface area contributed by atoms with Crippen molar-refractivity contribution < 1.29 is 8.78 Å². The van der Waals surface area contributed by atoms with Crippen LogP contribution in [-0.4, -0.2) is 29.5 Å². The predicted molar refractivity (Wildman–Crippen MR) is 139 cm³/mol. The second-order valence-electron chi connectivity index (χ2n) is 8.04. The first-order valence-corrected chi connectivity index (χ1v) is 11.5. The van der Waals surface area contributed by atoms with Gasteiger partial charge in [0.15, 0.2) is 0 Å². The number of aromatic nitrogens is 6. The molecule has 3 N–H and O–H groups in total. The Labute approximate surface area is 219 Å². The molecule has 5 aromatic rings. The lowest BCUT2D eigenvalue weighted by molar-refractivity contribution is 0.579. The van der Waals surface area contributed by atoms with Gasteiger partial charge in [0.25, 0.3) is 5.56 Å². The summed E-state index contributed by atoms with van der Waals surface area (Å²) in [4.78, 5) is 34.6. The summed E-state index contributed by atoms with van der Waals surface area (Å²) in [6.07, 6.45) is 4.35. The molecule has 0 radical (unpaired) electrons. The minimum absolute atomic E-state index is 0.0612. The van der Waals surface area contributed by atoms with E-state index >= 15 is 0 Å². The number of rotatable bonds is 4. The largest absolute Gasteiger partial charge is 0.382 e. The molecule has 0 spiro atoms. The third-order valence-electron chi connectivity index (χ3n) is 5.46. The highest BCUT2D eigenvalue weighted by Crippen LogP contribution is 2.26. The molecule has 12 heteroatoms. The third kappa shape index (κ3) is 4.85. The van der Waals surface area contributed by atoms with Crippen LogP contribution in [0.2, 0.25) is 5.02 Å². The Bertz CT molecular complexity index is 1780. The van der Waals surface area contributed by atoms with Gasteiger partial charge in [-0.1, -0.05) is 23.6 Å². The van der Waals surface area contributed by atoms with E-state index in [0.717, 1.165) is 16.7 Å². The van der Waals surface area contributed by atoms with Crippen LogP contribution >= 0.6 is 11.6 Å². The normalized spacial score (nSPS) is 11.6. The molecule has 188 valence electrons. The number of hydrogen-bond donors (Lipinski definition) is 2. The minimum Gasteiger partial charge on any atom is -0.382 e. The standard InChI is InChI=1S/C26H17ClF2N8O/c1-14(35-24-18(23(30)33-13-34-24)6-7-21-31-8-3-9-32-21)25-36-20-5-2-4-19(27)22(20)26(38)37(25)17-11-15(28)10-16(29)12-17/h2-5,8-14H,1H3,(H3,30,33,34,35). The maximum absolute atomic E-state index is 14.2. The summed E-state index contributed by atoms with van der Waals surface area (Å²) < 4.78 is 29.4. The first-order chi connectivity index (χ1) is 18.3. The number of halogens is 3. The highest BCUT2D eigenvalue weighted by atomic mass is 35.5. The molecule has 0 saturated heterocycles. The van der Waals surface area contributed by atoms with Crippen LogP contribution in [0.5, 0.6) is 0 Å². The lowest BCUT2D eigenvalue weighted by Crippen LogP contribution is -2.28. The maximum Gasteiger partial charge on any atom is 0.267 e.